The molecule has 7 nitrogen and oxygen atoms in total. The Morgan fingerprint density at radius 3 is 2.86 bits per heavy atom. The zero-order valence-corrected chi connectivity index (χ0v) is 12.0. The number of aryl methyl sites for hydroxylation is 1. The lowest BCUT2D eigenvalue weighted by atomic mass is 10.1. The smallest absolute Gasteiger partial charge is 0.308 e. The number of aromatic nitrogens is 1. The third-order valence-corrected chi connectivity index (χ3v) is 3.34. The summed E-state index contributed by atoms with van der Waals surface area (Å²) >= 11 is 0. The van der Waals surface area contributed by atoms with Gasteiger partial charge in [0.2, 0.25) is 5.91 Å². The number of pyridine rings is 1. The average molecular weight is 291 g/mol. The zero-order valence-electron chi connectivity index (χ0n) is 12.0. The normalized spacial score (nSPS) is 18.1. The molecule has 1 fully saturated rings. The first kappa shape index (κ1) is 15.0. The predicted octanol–water partition coefficient (Wildman–Crippen LogP) is -0.106. The number of ether oxygens (including phenoxy) is 1. The molecule has 1 atom stereocenters. The van der Waals surface area contributed by atoms with E-state index in [9.17, 15) is 14.4 Å². The number of piperazine rings is 1. The summed E-state index contributed by atoms with van der Waals surface area (Å²) in [5.74, 6) is -1.19. The Morgan fingerprint density at radius 1 is 1.48 bits per heavy atom. The van der Waals surface area contributed by atoms with Crippen LogP contribution in [0.25, 0.3) is 0 Å². The summed E-state index contributed by atoms with van der Waals surface area (Å²) in [5, 5.41) is 2.65. The molecule has 1 saturated heterocycles. The van der Waals surface area contributed by atoms with E-state index in [2.05, 4.69) is 15.0 Å². The second-order valence-electron chi connectivity index (χ2n) is 4.77. The van der Waals surface area contributed by atoms with Crippen molar-refractivity contribution in [2.75, 3.05) is 20.2 Å². The molecule has 0 aliphatic carbocycles. The fourth-order valence-corrected chi connectivity index (χ4v) is 2.16. The van der Waals surface area contributed by atoms with Gasteiger partial charge in [0, 0.05) is 25.0 Å². The van der Waals surface area contributed by atoms with E-state index in [0.29, 0.717) is 18.7 Å². The lowest BCUT2D eigenvalue weighted by Gasteiger charge is -2.34. The van der Waals surface area contributed by atoms with Crippen molar-refractivity contribution in [1.29, 1.82) is 0 Å². The Hall–Kier alpha value is -2.44. The molecule has 0 aromatic carbocycles. The first-order valence-electron chi connectivity index (χ1n) is 6.61. The number of methoxy groups -OCH3 is 1. The number of esters is 1. The van der Waals surface area contributed by atoms with E-state index >= 15 is 0 Å². The molecule has 1 unspecified atom stereocenters. The number of carbonyl (C=O) groups excluding carboxylic acids is 3. The Balaban J connectivity index is 2.21. The Labute approximate surface area is 122 Å². The van der Waals surface area contributed by atoms with Crippen molar-refractivity contribution in [3.05, 3.63) is 29.6 Å². The van der Waals surface area contributed by atoms with Gasteiger partial charge in [-0.05, 0) is 19.1 Å². The summed E-state index contributed by atoms with van der Waals surface area (Å²) in [6.45, 7) is 2.53. The lowest BCUT2D eigenvalue weighted by Crippen LogP contribution is -2.57. The number of carbonyl (C=O) groups is 3. The van der Waals surface area contributed by atoms with Crippen molar-refractivity contribution < 1.29 is 19.1 Å². The minimum atomic E-state index is -0.847. The van der Waals surface area contributed by atoms with Crippen LogP contribution in [0.1, 0.15) is 22.5 Å². The molecule has 2 rings (SSSR count). The van der Waals surface area contributed by atoms with Gasteiger partial charge in [0.1, 0.15) is 6.04 Å². The van der Waals surface area contributed by atoms with E-state index in [0.717, 1.165) is 5.69 Å². The van der Waals surface area contributed by atoms with Crippen molar-refractivity contribution in [1.82, 2.24) is 15.2 Å². The quantitative estimate of drug-likeness (QED) is 0.785. The van der Waals surface area contributed by atoms with Crippen molar-refractivity contribution in [3.8, 4) is 0 Å². The number of hydrogen-bond acceptors (Lipinski definition) is 5. The molecule has 112 valence electrons. The van der Waals surface area contributed by atoms with Crippen LogP contribution < -0.4 is 5.32 Å². The molecule has 0 bridgehead atoms. The van der Waals surface area contributed by atoms with Crippen LogP contribution in [0.2, 0.25) is 0 Å². The highest BCUT2D eigenvalue weighted by molar-refractivity contribution is 5.99. The maximum absolute atomic E-state index is 12.5. The maximum atomic E-state index is 12.5. The monoisotopic (exact) mass is 291 g/mol. The van der Waals surface area contributed by atoms with E-state index in [4.69, 9.17) is 0 Å². The molecule has 2 heterocycles. The molecule has 1 aromatic rings. The van der Waals surface area contributed by atoms with Crippen molar-refractivity contribution in [3.63, 3.8) is 0 Å². The average Bonchev–Trinajstić information content (AvgIpc) is 2.49. The largest absolute Gasteiger partial charge is 0.469 e. The van der Waals surface area contributed by atoms with Gasteiger partial charge in [-0.15, -0.1) is 0 Å². The summed E-state index contributed by atoms with van der Waals surface area (Å²) in [6.07, 6.45) is 1.31. The number of hydrogen-bond donors (Lipinski definition) is 1. The topological polar surface area (TPSA) is 88.6 Å². The summed E-state index contributed by atoms with van der Waals surface area (Å²) in [5.41, 5.74) is 1.19. The summed E-state index contributed by atoms with van der Waals surface area (Å²) < 4.78 is 4.58. The third kappa shape index (κ3) is 3.36. The van der Waals surface area contributed by atoms with Crippen LogP contribution in [0.15, 0.2) is 18.3 Å². The highest BCUT2D eigenvalue weighted by Crippen LogP contribution is 2.14. The van der Waals surface area contributed by atoms with Gasteiger partial charge >= 0.3 is 5.97 Å². The Morgan fingerprint density at radius 2 is 2.24 bits per heavy atom. The van der Waals surface area contributed by atoms with Gasteiger partial charge in [-0.3, -0.25) is 19.4 Å². The second-order valence-corrected chi connectivity index (χ2v) is 4.77. The molecule has 21 heavy (non-hydrogen) atoms. The lowest BCUT2D eigenvalue weighted by molar-refractivity contribution is -0.145. The number of rotatable bonds is 3. The molecule has 1 aromatic heterocycles. The van der Waals surface area contributed by atoms with Crippen LogP contribution in [0.4, 0.5) is 0 Å². The summed E-state index contributed by atoms with van der Waals surface area (Å²) in [7, 11) is 1.25. The van der Waals surface area contributed by atoms with Gasteiger partial charge in [0.25, 0.3) is 5.91 Å². The van der Waals surface area contributed by atoms with Gasteiger partial charge in [-0.2, -0.15) is 0 Å². The first-order valence-corrected chi connectivity index (χ1v) is 6.61. The van der Waals surface area contributed by atoms with E-state index in [1.54, 1.807) is 12.1 Å². The fourth-order valence-electron chi connectivity index (χ4n) is 2.16. The van der Waals surface area contributed by atoms with E-state index in [1.165, 1.54) is 18.2 Å². The molecule has 0 saturated carbocycles. The summed E-state index contributed by atoms with van der Waals surface area (Å²) in [4.78, 5) is 41.3. The number of nitrogens with one attached hydrogen (secondary N) is 1. The molecule has 0 radical (unpaired) electrons. The van der Waals surface area contributed by atoms with Crippen LogP contribution in [0.5, 0.6) is 0 Å². The van der Waals surface area contributed by atoms with Crippen LogP contribution in [0.3, 0.4) is 0 Å². The standard InChI is InChI=1S/C14H17N3O4/c1-9-3-4-10(8-16-9)14(20)17-6-5-15-13(19)11(17)7-12(18)21-2/h3-4,8,11H,5-7H2,1-2H3,(H,15,19). The third-order valence-electron chi connectivity index (χ3n) is 3.34. The van der Waals surface area contributed by atoms with Crippen LogP contribution >= 0.6 is 0 Å². The number of amides is 2. The highest BCUT2D eigenvalue weighted by Gasteiger charge is 2.35. The number of nitrogens with zero attached hydrogens (tertiary/aromatic N) is 2. The van der Waals surface area contributed by atoms with Gasteiger partial charge < -0.3 is 15.0 Å². The first-order chi connectivity index (χ1) is 10.0. The molecular weight excluding hydrogens is 274 g/mol. The van der Waals surface area contributed by atoms with Gasteiger partial charge in [0.05, 0.1) is 19.1 Å². The van der Waals surface area contributed by atoms with Crippen molar-refractivity contribution >= 4 is 17.8 Å². The minimum Gasteiger partial charge on any atom is -0.469 e. The van der Waals surface area contributed by atoms with Crippen molar-refractivity contribution in [2.24, 2.45) is 0 Å². The maximum Gasteiger partial charge on any atom is 0.308 e. The fraction of sp³-hybridized carbons (Fsp3) is 0.429. The molecule has 2 amide bonds. The van der Waals surface area contributed by atoms with Crippen molar-refractivity contribution in [2.45, 2.75) is 19.4 Å². The molecular formula is C14H17N3O4. The van der Waals surface area contributed by atoms with Crippen LogP contribution in [0, 0.1) is 6.92 Å². The zero-order chi connectivity index (χ0) is 15.4. The minimum absolute atomic E-state index is 0.159. The Kier molecular flexibility index (Phi) is 4.52. The molecule has 7 heteroatoms. The van der Waals surface area contributed by atoms with Gasteiger partial charge in [-0.1, -0.05) is 0 Å². The molecule has 0 spiro atoms. The summed E-state index contributed by atoms with van der Waals surface area (Å²) in [6, 6.07) is 2.54. The second kappa shape index (κ2) is 6.34. The molecule has 1 aliphatic rings. The van der Waals surface area contributed by atoms with Crippen LogP contribution in [-0.2, 0) is 14.3 Å². The Bertz CT molecular complexity index is 556. The van der Waals surface area contributed by atoms with E-state index in [-0.39, 0.29) is 18.2 Å². The van der Waals surface area contributed by atoms with Gasteiger partial charge in [0.15, 0.2) is 0 Å². The van der Waals surface area contributed by atoms with Gasteiger partial charge in [-0.25, -0.2) is 0 Å². The predicted molar refractivity (Wildman–Crippen MR) is 73.4 cm³/mol. The SMILES string of the molecule is COC(=O)CC1C(=O)NCCN1C(=O)c1ccc(C)nc1. The highest BCUT2D eigenvalue weighted by atomic mass is 16.5. The van der Waals surface area contributed by atoms with Crippen LogP contribution in [-0.4, -0.2) is 53.9 Å². The van der Waals surface area contributed by atoms with E-state index in [1.807, 2.05) is 6.92 Å². The molecule has 1 N–H and O–H groups in total. The molecule has 1 aliphatic heterocycles. The van der Waals surface area contributed by atoms with E-state index < -0.39 is 12.0 Å².